The Kier molecular flexibility index (Phi) is 1.86. The second-order valence-electron chi connectivity index (χ2n) is 3.14. The Labute approximate surface area is 71.2 Å². The van der Waals surface area contributed by atoms with E-state index in [1.54, 1.807) is 6.92 Å². The van der Waals surface area contributed by atoms with Crippen molar-refractivity contribution in [3.8, 4) is 0 Å². The number of fused-ring (bicyclic) bond motifs is 1. The first kappa shape index (κ1) is 7.76. The smallest absolute Gasteiger partial charge is 0.0950 e. The molecule has 0 radical (unpaired) electrons. The highest BCUT2D eigenvalue weighted by Gasteiger charge is 2.13. The molecule has 1 aliphatic heterocycles. The number of nitrogens with one attached hydrogen (secondary N) is 1. The number of hydrogen-bond donors (Lipinski definition) is 2. The van der Waals surface area contributed by atoms with Gasteiger partial charge in [-0.05, 0) is 13.0 Å². The summed E-state index contributed by atoms with van der Waals surface area (Å²) in [4.78, 5) is 0. The van der Waals surface area contributed by atoms with Crippen LogP contribution < -0.4 is 5.32 Å². The molecule has 66 valence electrons. The highest BCUT2D eigenvalue weighted by molar-refractivity contribution is 5.13. The summed E-state index contributed by atoms with van der Waals surface area (Å²) in [5.74, 6) is 0. The predicted octanol–water partition coefficient (Wildman–Crippen LogP) is 0.0396. The molecule has 1 aromatic rings. The lowest BCUT2D eigenvalue weighted by Crippen LogP contribution is -2.28. The molecule has 2 rings (SSSR count). The van der Waals surface area contributed by atoms with E-state index < -0.39 is 6.10 Å². The standard InChI is InChI=1S/C8H13N3O/c1-6(12)8-4-7-5-9-2-3-11(7)10-8/h4,6,9,12H,2-3,5H2,1H3. The van der Waals surface area contributed by atoms with Crippen molar-refractivity contribution in [3.63, 3.8) is 0 Å². The molecule has 1 atom stereocenters. The zero-order valence-electron chi connectivity index (χ0n) is 7.12. The van der Waals surface area contributed by atoms with Crippen LogP contribution in [0.3, 0.4) is 0 Å². The van der Waals surface area contributed by atoms with Crippen molar-refractivity contribution in [2.75, 3.05) is 6.54 Å². The molecule has 1 aliphatic rings. The molecule has 12 heavy (non-hydrogen) atoms. The molecule has 0 amide bonds. The third-order valence-corrected chi connectivity index (χ3v) is 2.12. The monoisotopic (exact) mass is 167 g/mol. The number of nitrogens with zero attached hydrogens (tertiary/aromatic N) is 2. The lowest BCUT2D eigenvalue weighted by Gasteiger charge is -2.13. The molecule has 1 unspecified atom stereocenters. The molecule has 0 fully saturated rings. The van der Waals surface area contributed by atoms with Gasteiger partial charge in [-0.1, -0.05) is 0 Å². The Balaban J connectivity index is 2.32. The summed E-state index contributed by atoms with van der Waals surface area (Å²) in [6.45, 7) is 4.47. The summed E-state index contributed by atoms with van der Waals surface area (Å²) >= 11 is 0. The quantitative estimate of drug-likeness (QED) is 0.621. The van der Waals surface area contributed by atoms with Crippen LogP contribution >= 0.6 is 0 Å². The number of aromatic nitrogens is 2. The first-order valence-electron chi connectivity index (χ1n) is 4.23. The highest BCUT2D eigenvalue weighted by Crippen LogP contribution is 2.13. The zero-order chi connectivity index (χ0) is 8.55. The Morgan fingerprint density at radius 2 is 2.58 bits per heavy atom. The average Bonchev–Trinajstić information content (AvgIpc) is 2.46. The van der Waals surface area contributed by atoms with E-state index in [0.29, 0.717) is 0 Å². The molecule has 0 aromatic carbocycles. The second kappa shape index (κ2) is 2.88. The van der Waals surface area contributed by atoms with Gasteiger partial charge >= 0.3 is 0 Å². The fraction of sp³-hybridized carbons (Fsp3) is 0.625. The minimum atomic E-state index is -0.455. The molecule has 0 spiro atoms. The van der Waals surface area contributed by atoms with Crippen molar-refractivity contribution in [2.45, 2.75) is 26.1 Å². The Bertz CT molecular complexity index is 256. The van der Waals surface area contributed by atoms with Gasteiger partial charge in [0.15, 0.2) is 0 Å². The van der Waals surface area contributed by atoms with Gasteiger partial charge in [0.2, 0.25) is 0 Å². The molecule has 0 aliphatic carbocycles. The van der Waals surface area contributed by atoms with E-state index in [1.807, 2.05) is 10.7 Å². The van der Waals surface area contributed by atoms with Gasteiger partial charge in [0.05, 0.1) is 24.0 Å². The van der Waals surface area contributed by atoms with Crippen LogP contribution in [0.15, 0.2) is 6.07 Å². The van der Waals surface area contributed by atoms with Crippen LogP contribution in [0.25, 0.3) is 0 Å². The molecule has 1 aromatic heterocycles. The van der Waals surface area contributed by atoms with Gasteiger partial charge in [-0.2, -0.15) is 5.10 Å². The van der Waals surface area contributed by atoms with Gasteiger partial charge in [-0.15, -0.1) is 0 Å². The van der Waals surface area contributed by atoms with Crippen molar-refractivity contribution in [1.82, 2.24) is 15.1 Å². The van der Waals surface area contributed by atoms with Crippen molar-refractivity contribution in [2.24, 2.45) is 0 Å². The molecule has 4 nitrogen and oxygen atoms in total. The molecular formula is C8H13N3O. The van der Waals surface area contributed by atoms with Crippen molar-refractivity contribution < 1.29 is 5.11 Å². The van der Waals surface area contributed by atoms with E-state index in [0.717, 1.165) is 31.0 Å². The maximum absolute atomic E-state index is 9.28. The van der Waals surface area contributed by atoms with Crippen LogP contribution in [-0.4, -0.2) is 21.4 Å². The van der Waals surface area contributed by atoms with Gasteiger partial charge in [-0.3, -0.25) is 4.68 Å². The molecule has 0 saturated heterocycles. The van der Waals surface area contributed by atoms with Gasteiger partial charge in [-0.25, -0.2) is 0 Å². The summed E-state index contributed by atoms with van der Waals surface area (Å²) in [5, 5.41) is 16.8. The number of hydrogen-bond acceptors (Lipinski definition) is 3. The minimum Gasteiger partial charge on any atom is -0.387 e. The van der Waals surface area contributed by atoms with E-state index >= 15 is 0 Å². The van der Waals surface area contributed by atoms with E-state index in [1.165, 1.54) is 0 Å². The van der Waals surface area contributed by atoms with Crippen LogP contribution in [0, 0.1) is 0 Å². The van der Waals surface area contributed by atoms with Crippen molar-refractivity contribution in [3.05, 3.63) is 17.5 Å². The fourth-order valence-electron chi connectivity index (χ4n) is 1.42. The number of aliphatic hydroxyl groups excluding tert-OH is 1. The van der Waals surface area contributed by atoms with E-state index in [2.05, 4.69) is 10.4 Å². The van der Waals surface area contributed by atoms with Gasteiger partial charge < -0.3 is 10.4 Å². The molecule has 2 N–H and O–H groups in total. The Morgan fingerprint density at radius 3 is 3.25 bits per heavy atom. The SMILES string of the molecule is CC(O)c1cc2n(n1)CCNC2. The van der Waals surface area contributed by atoms with Crippen molar-refractivity contribution in [1.29, 1.82) is 0 Å². The largest absolute Gasteiger partial charge is 0.387 e. The number of rotatable bonds is 1. The van der Waals surface area contributed by atoms with Crippen LogP contribution in [0.1, 0.15) is 24.4 Å². The van der Waals surface area contributed by atoms with Gasteiger partial charge in [0, 0.05) is 13.1 Å². The topological polar surface area (TPSA) is 50.1 Å². The Hall–Kier alpha value is -0.870. The first-order chi connectivity index (χ1) is 5.77. The predicted molar refractivity (Wildman–Crippen MR) is 44.6 cm³/mol. The normalized spacial score (nSPS) is 18.8. The summed E-state index contributed by atoms with van der Waals surface area (Å²) in [6, 6.07) is 1.96. The zero-order valence-corrected chi connectivity index (χ0v) is 7.12. The molecule has 2 heterocycles. The van der Waals surface area contributed by atoms with Crippen LogP contribution in [0.5, 0.6) is 0 Å². The lowest BCUT2D eigenvalue weighted by molar-refractivity contribution is 0.193. The molecule has 0 bridgehead atoms. The summed E-state index contributed by atoms with van der Waals surface area (Å²) < 4.78 is 1.96. The van der Waals surface area contributed by atoms with Gasteiger partial charge in [0.25, 0.3) is 0 Å². The second-order valence-corrected chi connectivity index (χ2v) is 3.14. The van der Waals surface area contributed by atoms with Crippen LogP contribution in [0.2, 0.25) is 0 Å². The van der Waals surface area contributed by atoms with Crippen molar-refractivity contribution >= 4 is 0 Å². The van der Waals surface area contributed by atoms with E-state index in [4.69, 9.17) is 0 Å². The minimum absolute atomic E-state index is 0.455. The fourth-order valence-corrected chi connectivity index (χ4v) is 1.42. The average molecular weight is 167 g/mol. The maximum Gasteiger partial charge on any atom is 0.0950 e. The van der Waals surface area contributed by atoms with Gasteiger partial charge in [0.1, 0.15) is 0 Å². The number of aliphatic hydroxyl groups is 1. The van der Waals surface area contributed by atoms with E-state index in [9.17, 15) is 5.11 Å². The molecular weight excluding hydrogens is 154 g/mol. The lowest BCUT2D eigenvalue weighted by atomic mass is 10.2. The highest BCUT2D eigenvalue weighted by atomic mass is 16.3. The van der Waals surface area contributed by atoms with Crippen LogP contribution in [-0.2, 0) is 13.1 Å². The third kappa shape index (κ3) is 1.23. The first-order valence-corrected chi connectivity index (χ1v) is 4.23. The summed E-state index contributed by atoms with van der Waals surface area (Å²) in [7, 11) is 0. The molecule has 0 saturated carbocycles. The summed E-state index contributed by atoms with van der Waals surface area (Å²) in [6.07, 6.45) is -0.455. The maximum atomic E-state index is 9.28. The third-order valence-electron chi connectivity index (χ3n) is 2.12. The van der Waals surface area contributed by atoms with E-state index in [-0.39, 0.29) is 0 Å². The Morgan fingerprint density at radius 1 is 1.75 bits per heavy atom. The molecule has 4 heteroatoms. The summed E-state index contributed by atoms with van der Waals surface area (Å²) in [5.41, 5.74) is 1.94. The van der Waals surface area contributed by atoms with Crippen LogP contribution in [0.4, 0.5) is 0 Å².